The Morgan fingerprint density at radius 2 is 1.89 bits per heavy atom. The number of para-hydroxylation sites is 1. The molecule has 0 spiro atoms. The first-order chi connectivity index (χ1) is 13.4. The van der Waals surface area contributed by atoms with Gasteiger partial charge in [0.05, 0.1) is 17.0 Å². The van der Waals surface area contributed by atoms with Gasteiger partial charge in [-0.05, 0) is 30.7 Å². The van der Waals surface area contributed by atoms with Gasteiger partial charge in [-0.3, -0.25) is 4.79 Å². The minimum atomic E-state index is -3.62. The average molecular weight is 427 g/mol. The molecule has 0 aromatic heterocycles. The van der Waals surface area contributed by atoms with Gasteiger partial charge in [0, 0.05) is 18.7 Å². The van der Waals surface area contributed by atoms with Crippen molar-refractivity contribution in [2.24, 2.45) is 0 Å². The monoisotopic (exact) mass is 426 g/mol. The second-order valence-electron chi connectivity index (χ2n) is 5.87. The van der Waals surface area contributed by atoms with Gasteiger partial charge in [-0.25, -0.2) is 13.1 Å². The first kappa shape index (κ1) is 22.0. The molecule has 0 aliphatic rings. The van der Waals surface area contributed by atoms with Crippen LogP contribution in [0, 0.1) is 0 Å². The molecule has 0 bridgehead atoms. The van der Waals surface area contributed by atoms with Gasteiger partial charge in [-0.1, -0.05) is 36.7 Å². The second-order valence-corrected chi connectivity index (χ2v) is 8.04. The Bertz CT molecular complexity index is 918. The van der Waals surface area contributed by atoms with Crippen LogP contribution in [0.3, 0.4) is 0 Å². The lowest BCUT2D eigenvalue weighted by Gasteiger charge is -2.12. The van der Waals surface area contributed by atoms with Crippen LogP contribution in [-0.2, 0) is 21.4 Å². The molecule has 2 N–H and O–H groups in total. The number of rotatable bonds is 10. The van der Waals surface area contributed by atoms with E-state index in [-0.39, 0.29) is 28.2 Å². The molecule has 152 valence electrons. The number of carbonyl (C=O) groups excluding carboxylic acids is 1. The zero-order chi connectivity index (χ0) is 20.6. The van der Waals surface area contributed by atoms with E-state index >= 15 is 0 Å². The molecule has 28 heavy (non-hydrogen) atoms. The summed E-state index contributed by atoms with van der Waals surface area (Å²) in [6.07, 6.45) is 0.679. The van der Waals surface area contributed by atoms with Crippen LogP contribution >= 0.6 is 11.6 Å². The lowest BCUT2D eigenvalue weighted by molar-refractivity contribution is -0.123. The number of amides is 1. The topological polar surface area (TPSA) is 93.7 Å². The molecule has 0 atom stereocenters. The van der Waals surface area contributed by atoms with E-state index in [0.717, 1.165) is 5.56 Å². The van der Waals surface area contributed by atoms with Crippen molar-refractivity contribution in [3.05, 3.63) is 53.1 Å². The summed E-state index contributed by atoms with van der Waals surface area (Å²) in [5.74, 6) is 0.562. The van der Waals surface area contributed by atoms with Crippen LogP contribution in [0.4, 0.5) is 0 Å². The van der Waals surface area contributed by atoms with Crippen LogP contribution in [0.15, 0.2) is 47.4 Å². The van der Waals surface area contributed by atoms with E-state index in [9.17, 15) is 13.2 Å². The highest BCUT2D eigenvalue weighted by Gasteiger charge is 2.16. The number of benzene rings is 2. The molecule has 0 aliphatic heterocycles. The third-order valence-corrected chi connectivity index (χ3v) is 5.54. The van der Waals surface area contributed by atoms with Crippen molar-refractivity contribution >= 4 is 27.5 Å². The summed E-state index contributed by atoms with van der Waals surface area (Å²) in [4.78, 5) is 12.1. The zero-order valence-corrected chi connectivity index (χ0v) is 17.3. The Morgan fingerprint density at radius 3 is 2.57 bits per heavy atom. The highest BCUT2D eigenvalue weighted by molar-refractivity contribution is 7.89. The Balaban J connectivity index is 1.92. The van der Waals surface area contributed by atoms with E-state index in [1.807, 2.05) is 31.2 Å². The number of hydrogen-bond acceptors (Lipinski definition) is 5. The van der Waals surface area contributed by atoms with Gasteiger partial charge in [-0.2, -0.15) is 0 Å². The minimum Gasteiger partial charge on any atom is -0.496 e. The number of hydrogen-bond donors (Lipinski definition) is 2. The summed E-state index contributed by atoms with van der Waals surface area (Å²) < 4.78 is 37.3. The maximum atomic E-state index is 12.1. The molecule has 0 fully saturated rings. The summed E-state index contributed by atoms with van der Waals surface area (Å²) in [6.45, 7) is 2.24. The quantitative estimate of drug-likeness (QED) is 0.609. The number of carbonyl (C=O) groups is 1. The van der Waals surface area contributed by atoms with Gasteiger partial charge >= 0.3 is 0 Å². The van der Waals surface area contributed by atoms with Crippen molar-refractivity contribution in [1.29, 1.82) is 0 Å². The van der Waals surface area contributed by atoms with Crippen LogP contribution in [-0.4, -0.2) is 34.6 Å². The van der Waals surface area contributed by atoms with E-state index in [1.165, 1.54) is 18.2 Å². The first-order valence-electron chi connectivity index (χ1n) is 8.68. The summed E-state index contributed by atoms with van der Waals surface area (Å²) in [5.41, 5.74) is 0.838. The molecule has 0 saturated carbocycles. The van der Waals surface area contributed by atoms with Crippen molar-refractivity contribution in [2.45, 2.75) is 24.8 Å². The van der Waals surface area contributed by atoms with E-state index in [2.05, 4.69) is 10.0 Å². The molecular formula is C19H23ClN2O5S. The minimum absolute atomic E-state index is 0.0407. The molecule has 0 saturated heterocycles. The third-order valence-electron chi connectivity index (χ3n) is 3.78. The molecule has 2 aromatic carbocycles. The van der Waals surface area contributed by atoms with Gasteiger partial charge in [0.25, 0.3) is 5.91 Å². The Kier molecular flexibility index (Phi) is 8.10. The second kappa shape index (κ2) is 10.3. The van der Waals surface area contributed by atoms with E-state index < -0.39 is 10.0 Å². The molecule has 7 nitrogen and oxygen atoms in total. The van der Waals surface area contributed by atoms with Crippen molar-refractivity contribution < 1.29 is 22.7 Å². The van der Waals surface area contributed by atoms with E-state index in [1.54, 1.807) is 7.11 Å². The fourth-order valence-electron chi connectivity index (χ4n) is 2.32. The molecule has 2 aromatic rings. The highest BCUT2D eigenvalue weighted by Crippen LogP contribution is 2.27. The van der Waals surface area contributed by atoms with E-state index in [4.69, 9.17) is 21.1 Å². The Morgan fingerprint density at radius 1 is 1.14 bits per heavy atom. The molecule has 0 heterocycles. The molecule has 0 aliphatic carbocycles. The van der Waals surface area contributed by atoms with Crippen LogP contribution in [0.25, 0.3) is 0 Å². The van der Waals surface area contributed by atoms with Gasteiger partial charge in [0.2, 0.25) is 10.0 Å². The Hall–Kier alpha value is -2.29. The highest BCUT2D eigenvalue weighted by atomic mass is 35.5. The van der Waals surface area contributed by atoms with Crippen molar-refractivity contribution in [3.8, 4) is 11.5 Å². The number of nitrogens with one attached hydrogen (secondary N) is 2. The molecule has 9 heteroatoms. The zero-order valence-electron chi connectivity index (χ0n) is 15.7. The van der Waals surface area contributed by atoms with Gasteiger partial charge in [0.1, 0.15) is 11.5 Å². The lowest BCUT2D eigenvalue weighted by atomic mass is 10.2. The van der Waals surface area contributed by atoms with Crippen molar-refractivity contribution in [3.63, 3.8) is 0 Å². The molecule has 0 unspecified atom stereocenters. The number of methoxy groups -OCH3 is 1. The van der Waals surface area contributed by atoms with E-state index in [0.29, 0.717) is 25.3 Å². The smallest absolute Gasteiger partial charge is 0.258 e. The molecule has 1 amide bonds. The average Bonchev–Trinajstić information content (AvgIpc) is 2.69. The molecule has 0 radical (unpaired) electrons. The maximum Gasteiger partial charge on any atom is 0.258 e. The fourth-order valence-corrected chi connectivity index (χ4v) is 3.78. The normalized spacial score (nSPS) is 11.1. The van der Waals surface area contributed by atoms with Gasteiger partial charge in [-0.15, -0.1) is 0 Å². The fraction of sp³-hybridized carbons (Fsp3) is 0.316. The molecular weight excluding hydrogens is 404 g/mol. The summed E-state index contributed by atoms with van der Waals surface area (Å²) in [7, 11) is -2.06. The number of halogens is 1. The number of ether oxygens (including phenoxy) is 2. The van der Waals surface area contributed by atoms with Gasteiger partial charge < -0.3 is 14.8 Å². The van der Waals surface area contributed by atoms with Crippen LogP contribution in [0.5, 0.6) is 11.5 Å². The first-order valence-corrected chi connectivity index (χ1v) is 10.5. The largest absolute Gasteiger partial charge is 0.496 e. The number of sulfonamides is 1. The van der Waals surface area contributed by atoms with Crippen LogP contribution in [0.1, 0.15) is 18.9 Å². The predicted octanol–water partition coefficient (Wildman–Crippen LogP) is 2.73. The standard InChI is InChI=1S/C19H23ClN2O5S/c1-3-10-22-28(24,25)15-8-9-18(16(20)11-15)27-13-19(23)21-12-14-6-4-5-7-17(14)26-2/h4-9,11,22H,3,10,12-13H2,1-2H3,(H,21,23). The van der Waals surface area contributed by atoms with Gasteiger partial charge in [0.15, 0.2) is 6.61 Å². The third kappa shape index (κ3) is 6.12. The SMILES string of the molecule is CCCNS(=O)(=O)c1ccc(OCC(=O)NCc2ccccc2OC)c(Cl)c1. The Labute approximate surface area is 170 Å². The summed E-state index contributed by atoms with van der Waals surface area (Å²) in [6, 6.07) is 11.5. The predicted molar refractivity (Wildman–Crippen MR) is 107 cm³/mol. The molecule has 2 rings (SSSR count). The van der Waals surface area contributed by atoms with Crippen LogP contribution < -0.4 is 19.5 Å². The maximum absolute atomic E-state index is 12.1. The summed E-state index contributed by atoms with van der Waals surface area (Å²) in [5, 5.41) is 2.84. The lowest BCUT2D eigenvalue weighted by Crippen LogP contribution is -2.28. The van der Waals surface area contributed by atoms with Crippen LogP contribution in [0.2, 0.25) is 5.02 Å². The summed E-state index contributed by atoms with van der Waals surface area (Å²) >= 11 is 6.10. The van der Waals surface area contributed by atoms with Crippen molar-refractivity contribution in [2.75, 3.05) is 20.3 Å². The van der Waals surface area contributed by atoms with Crippen molar-refractivity contribution in [1.82, 2.24) is 10.0 Å².